The van der Waals surface area contributed by atoms with Gasteiger partial charge in [0, 0.05) is 28.7 Å². The smallest absolute Gasteiger partial charge is 0.0830 e. The van der Waals surface area contributed by atoms with Crippen molar-refractivity contribution in [3.63, 3.8) is 0 Å². The van der Waals surface area contributed by atoms with Crippen LogP contribution in [0.5, 0.6) is 0 Å². The number of aliphatic hydroxyl groups excluding tert-OH is 1. The maximum atomic E-state index is 10.1. The standard InChI is InChI=1S/C12H14BrNO2/c13-8-1-2-10-11(5-8)14-3-4-16-7-9(14)6-12(10)15/h1-2,5,9,12,15H,3-4,6-7H2/t9-,12-/m1/s1. The number of hydrogen-bond acceptors (Lipinski definition) is 3. The molecular formula is C12H14BrNO2. The molecule has 0 radical (unpaired) electrons. The van der Waals surface area contributed by atoms with Gasteiger partial charge in [-0.25, -0.2) is 0 Å². The van der Waals surface area contributed by atoms with Crippen molar-refractivity contribution >= 4 is 21.6 Å². The molecule has 16 heavy (non-hydrogen) atoms. The fourth-order valence-electron chi connectivity index (χ4n) is 2.60. The van der Waals surface area contributed by atoms with Crippen LogP contribution in [0.4, 0.5) is 5.69 Å². The number of benzene rings is 1. The average molecular weight is 284 g/mol. The van der Waals surface area contributed by atoms with E-state index in [0.29, 0.717) is 6.04 Å². The first-order valence-corrected chi connectivity index (χ1v) is 6.37. The zero-order valence-corrected chi connectivity index (χ0v) is 10.5. The largest absolute Gasteiger partial charge is 0.388 e. The maximum Gasteiger partial charge on any atom is 0.0830 e. The van der Waals surface area contributed by atoms with E-state index >= 15 is 0 Å². The minimum absolute atomic E-state index is 0.325. The highest BCUT2D eigenvalue weighted by molar-refractivity contribution is 9.10. The summed E-state index contributed by atoms with van der Waals surface area (Å²) in [5.41, 5.74) is 2.20. The third kappa shape index (κ3) is 1.65. The maximum absolute atomic E-state index is 10.1. The lowest BCUT2D eigenvalue weighted by atomic mass is 9.93. The summed E-state index contributed by atoms with van der Waals surface area (Å²) in [6.07, 6.45) is 0.417. The molecule has 1 aromatic carbocycles. The molecule has 0 bridgehead atoms. The summed E-state index contributed by atoms with van der Waals surface area (Å²) in [6, 6.07) is 6.42. The number of fused-ring (bicyclic) bond motifs is 3. The molecule has 1 saturated heterocycles. The van der Waals surface area contributed by atoms with Crippen molar-refractivity contribution in [1.82, 2.24) is 0 Å². The summed E-state index contributed by atoms with van der Waals surface area (Å²) in [6.45, 7) is 2.42. The molecule has 0 saturated carbocycles. The highest BCUT2D eigenvalue weighted by atomic mass is 79.9. The van der Waals surface area contributed by atoms with Crippen molar-refractivity contribution in [2.24, 2.45) is 0 Å². The predicted molar refractivity (Wildman–Crippen MR) is 65.7 cm³/mol. The van der Waals surface area contributed by atoms with Crippen LogP contribution in [0, 0.1) is 0 Å². The number of rotatable bonds is 0. The van der Waals surface area contributed by atoms with E-state index in [1.807, 2.05) is 12.1 Å². The van der Waals surface area contributed by atoms with E-state index in [1.54, 1.807) is 0 Å². The van der Waals surface area contributed by atoms with Crippen LogP contribution in [0.25, 0.3) is 0 Å². The van der Waals surface area contributed by atoms with Crippen LogP contribution in [0.15, 0.2) is 22.7 Å². The Labute approximate surface area is 103 Å². The van der Waals surface area contributed by atoms with Crippen molar-refractivity contribution in [1.29, 1.82) is 0 Å². The highest BCUT2D eigenvalue weighted by Crippen LogP contribution is 2.39. The van der Waals surface area contributed by atoms with Crippen molar-refractivity contribution < 1.29 is 9.84 Å². The predicted octanol–water partition coefficient (Wildman–Crippen LogP) is 2.09. The molecule has 0 spiro atoms. The first kappa shape index (κ1) is 10.6. The molecule has 2 heterocycles. The molecule has 1 N–H and O–H groups in total. The van der Waals surface area contributed by atoms with Crippen LogP contribution in [0.3, 0.4) is 0 Å². The second kappa shape index (κ2) is 4.02. The van der Waals surface area contributed by atoms with Crippen LogP contribution in [0.2, 0.25) is 0 Å². The summed E-state index contributed by atoms with van der Waals surface area (Å²) in [5, 5.41) is 10.1. The van der Waals surface area contributed by atoms with Gasteiger partial charge in [0.1, 0.15) is 0 Å². The second-order valence-electron chi connectivity index (χ2n) is 4.38. The van der Waals surface area contributed by atoms with Crippen molar-refractivity contribution in [3.8, 4) is 0 Å². The summed E-state index contributed by atoms with van der Waals surface area (Å²) >= 11 is 3.49. The lowest BCUT2D eigenvalue weighted by Crippen LogP contribution is -2.49. The molecule has 0 aliphatic carbocycles. The Hall–Kier alpha value is -0.580. The number of ether oxygens (including phenoxy) is 1. The van der Waals surface area contributed by atoms with Crippen molar-refractivity contribution in [2.75, 3.05) is 24.7 Å². The fraction of sp³-hybridized carbons (Fsp3) is 0.500. The lowest BCUT2D eigenvalue weighted by Gasteiger charge is -2.43. The lowest BCUT2D eigenvalue weighted by molar-refractivity contribution is 0.0611. The third-order valence-electron chi connectivity index (χ3n) is 3.38. The number of nitrogens with zero attached hydrogens (tertiary/aromatic N) is 1. The molecule has 2 atom stereocenters. The van der Waals surface area contributed by atoms with Gasteiger partial charge < -0.3 is 14.7 Å². The highest BCUT2D eigenvalue weighted by Gasteiger charge is 2.33. The quantitative estimate of drug-likeness (QED) is 0.792. The van der Waals surface area contributed by atoms with Gasteiger partial charge >= 0.3 is 0 Å². The minimum atomic E-state index is -0.356. The number of anilines is 1. The van der Waals surface area contributed by atoms with Crippen molar-refractivity contribution in [2.45, 2.75) is 18.6 Å². The Kier molecular flexibility index (Phi) is 2.65. The number of hydrogen-bond donors (Lipinski definition) is 1. The molecular weight excluding hydrogens is 270 g/mol. The van der Waals surface area contributed by atoms with Crippen molar-refractivity contribution in [3.05, 3.63) is 28.2 Å². The molecule has 0 amide bonds. The minimum Gasteiger partial charge on any atom is -0.388 e. The van der Waals surface area contributed by atoms with Gasteiger partial charge in [-0.2, -0.15) is 0 Å². The van der Waals surface area contributed by atoms with Gasteiger partial charge in [-0.1, -0.05) is 22.0 Å². The first-order valence-electron chi connectivity index (χ1n) is 5.57. The molecule has 3 nitrogen and oxygen atoms in total. The van der Waals surface area contributed by atoms with Gasteiger partial charge in [0.2, 0.25) is 0 Å². The van der Waals surface area contributed by atoms with Crippen LogP contribution < -0.4 is 4.90 Å². The van der Waals surface area contributed by atoms with E-state index in [4.69, 9.17) is 4.74 Å². The summed E-state index contributed by atoms with van der Waals surface area (Å²) in [5.74, 6) is 0. The van der Waals surface area contributed by atoms with E-state index < -0.39 is 0 Å². The monoisotopic (exact) mass is 283 g/mol. The van der Waals surface area contributed by atoms with Gasteiger partial charge in [0.25, 0.3) is 0 Å². The molecule has 3 rings (SSSR count). The fourth-order valence-corrected chi connectivity index (χ4v) is 2.95. The van der Waals surface area contributed by atoms with Crippen LogP contribution in [0.1, 0.15) is 18.1 Å². The van der Waals surface area contributed by atoms with E-state index in [0.717, 1.165) is 41.9 Å². The Balaban J connectivity index is 2.05. The molecule has 4 heteroatoms. The SMILES string of the molecule is O[C@@H]1C[C@@H]2COCCN2c2cc(Br)ccc21. The topological polar surface area (TPSA) is 32.7 Å². The molecule has 1 aromatic rings. The molecule has 1 fully saturated rings. The Morgan fingerprint density at radius 1 is 1.44 bits per heavy atom. The summed E-state index contributed by atoms with van der Waals surface area (Å²) < 4.78 is 6.53. The van der Waals surface area contributed by atoms with Crippen LogP contribution >= 0.6 is 15.9 Å². The van der Waals surface area contributed by atoms with Gasteiger partial charge in [-0.05, 0) is 12.1 Å². The van der Waals surface area contributed by atoms with Gasteiger partial charge in [0.05, 0.1) is 25.4 Å². The Morgan fingerprint density at radius 3 is 3.19 bits per heavy atom. The van der Waals surface area contributed by atoms with Gasteiger partial charge in [-0.3, -0.25) is 0 Å². The Bertz CT molecular complexity index is 410. The van der Waals surface area contributed by atoms with E-state index in [-0.39, 0.29) is 6.10 Å². The molecule has 0 unspecified atom stereocenters. The number of halogens is 1. The zero-order chi connectivity index (χ0) is 11.1. The van der Waals surface area contributed by atoms with E-state index in [9.17, 15) is 5.11 Å². The van der Waals surface area contributed by atoms with Crippen LogP contribution in [-0.4, -0.2) is 30.9 Å². The Morgan fingerprint density at radius 2 is 2.31 bits per heavy atom. The third-order valence-corrected chi connectivity index (χ3v) is 3.88. The molecule has 0 aromatic heterocycles. The normalized spacial score (nSPS) is 28.5. The molecule has 2 aliphatic rings. The number of morpholine rings is 1. The van der Waals surface area contributed by atoms with Gasteiger partial charge in [-0.15, -0.1) is 0 Å². The van der Waals surface area contributed by atoms with E-state index in [2.05, 4.69) is 26.9 Å². The summed E-state index contributed by atoms with van der Waals surface area (Å²) in [4.78, 5) is 2.36. The molecule has 86 valence electrons. The van der Waals surface area contributed by atoms with Crippen LogP contribution in [-0.2, 0) is 4.74 Å². The summed E-state index contributed by atoms with van der Waals surface area (Å²) in [7, 11) is 0. The zero-order valence-electron chi connectivity index (χ0n) is 8.90. The number of aliphatic hydroxyl groups is 1. The second-order valence-corrected chi connectivity index (χ2v) is 5.29. The van der Waals surface area contributed by atoms with Gasteiger partial charge in [0.15, 0.2) is 0 Å². The molecule has 2 aliphatic heterocycles. The first-order chi connectivity index (χ1) is 7.75. The van der Waals surface area contributed by atoms with E-state index in [1.165, 1.54) is 0 Å². The average Bonchev–Trinajstić information content (AvgIpc) is 2.29.